The van der Waals surface area contributed by atoms with Gasteiger partial charge in [-0.3, -0.25) is 0 Å². The van der Waals surface area contributed by atoms with Crippen molar-refractivity contribution in [2.75, 3.05) is 0 Å². The zero-order valence-corrected chi connectivity index (χ0v) is 18.9. The van der Waals surface area contributed by atoms with Gasteiger partial charge >= 0.3 is 0 Å². The molecule has 1 heterocycles. The number of hydrogen-bond donors (Lipinski definition) is 0. The Hall–Kier alpha value is -1.22. The fourth-order valence-electron chi connectivity index (χ4n) is 4.07. The van der Waals surface area contributed by atoms with E-state index in [1.165, 1.54) is 35.3 Å². The standard InChI is InChI=1S/C23H38O2Si/c1-17(2)22-15-23(25-26(5,6)7)19(4)21(22)12-11-18(3)9-8-10-20-13-14-24-16-20/h9,13-14,16-17,21-22H,8,10-12,15H2,1-7H3/b18-9+/t21-,22+/m0/s1. The normalized spacial score (nSPS) is 21.8. The monoisotopic (exact) mass is 374 g/mol. The second-order valence-corrected chi connectivity index (χ2v) is 13.7. The Morgan fingerprint density at radius 2 is 2.08 bits per heavy atom. The summed E-state index contributed by atoms with van der Waals surface area (Å²) >= 11 is 0. The van der Waals surface area contributed by atoms with Crippen molar-refractivity contribution in [3.05, 3.63) is 47.1 Å². The smallest absolute Gasteiger partial charge is 0.241 e. The molecule has 2 rings (SSSR count). The molecule has 2 atom stereocenters. The van der Waals surface area contributed by atoms with E-state index >= 15 is 0 Å². The van der Waals surface area contributed by atoms with Gasteiger partial charge < -0.3 is 8.84 Å². The molecule has 0 amide bonds. The Morgan fingerprint density at radius 1 is 1.35 bits per heavy atom. The molecule has 0 fully saturated rings. The number of aryl methyl sites for hydroxylation is 1. The fraction of sp³-hybridized carbons (Fsp3) is 0.652. The lowest BCUT2D eigenvalue weighted by Gasteiger charge is -2.24. The van der Waals surface area contributed by atoms with Crippen LogP contribution in [0.3, 0.4) is 0 Å². The van der Waals surface area contributed by atoms with Crippen LogP contribution in [-0.4, -0.2) is 8.32 Å². The van der Waals surface area contributed by atoms with Crippen molar-refractivity contribution < 1.29 is 8.84 Å². The molecular weight excluding hydrogens is 336 g/mol. The highest BCUT2D eigenvalue weighted by molar-refractivity contribution is 6.70. The maximum Gasteiger partial charge on any atom is 0.241 e. The van der Waals surface area contributed by atoms with Crippen molar-refractivity contribution in [3.63, 3.8) is 0 Å². The Balaban J connectivity index is 1.93. The molecule has 2 nitrogen and oxygen atoms in total. The highest BCUT2D eigenvalue weighted by Gasteiger charge is 2.36. The van der Waals surface area contributed by atoms with E-state index in [0.29, 0.717) is 11.8 Å². The van der Waals surface area contributed by atoms with Gasteiger partial charge in [0.2, 0.25) is 8.32 Å². The van der Waals surface area contributed by atoms with Crippen molar-refractivity contribution in [3.8, 4) is 0 Å². The average Bonchev–Trinajstić information content (AvgIpc) is 3.13. The third-order valence-corrected chi connectivity index (χ3v) is 6.43. The Morgan fingerprint density at radius 3 is 2.65 bits per heavy atom. The van der Waals surface area contributed by atoms with Crippen LogP contribution in [-0.2, 0) is 10.8 Å². The van der Waals surface area contributed by atoms with Crippen LogP contribution in [0.4, 0.5) is 0 Å². The largest absolute Gasteiger partial charge is 0.547 e. The highest BCUT2D eigenvalue weighted by atomic mass is 28.4. The quantitative estimate of drug-likeness (QED) is 0.333. The van der Waals surface area contributed by atoms with Gasteiger partial charge in [-0.05, 0) is 94.1 Å². The highest BCUT2D eigenvalue weighted by Crippen LogP contribution is 2.45. The van der Waals surface area contributed by atoms with Crippen molar-refractivity contribution in [2.24, 2.45) is 17.8 Å². The van der Waals surface area contributed by atoms with Crippen LogP contribution in [0, 0.1) is 17.8 Å². The predicted molar refractivity (Wildman–Crippen MR) is 114 cm³/mol. The number of hydrogen-bond acceptors (Lipinski definition) is 2. The van der Waals surface area contributed by atoms with Crippen LogP contribution in [0.2, 0.25) is 19.6 Å². The van der Waals surface area contributed by atoms with Crippen LogP contribution in [0.15, 0.2) is 46.0 Å². The topological polar surface area (TPSA) is 22.4 Å². The molecule has 0 aromatic carbocycles. The molecule has 3 heteroatoms. The Labute approximate surface area is 161 Å². The Kier molecular flexibility index (Phi) is 7.39. The van der Waals surface area contributed by atoms with Gasteiger partial charge in [0, 0.05) is 6.42 Å². The molecule has 0 saturated heterocycles. The summed E-state index contributed by atoms with van der Waals surface area (Å²) in [4.78, 5) is 0. The van der Waals surface area contributed by atoms with E-state index in [-0.39, 0.29) is 0 Å². The van der Waals surface area contributed by atoms with E-state index in [9.17, 15) is 0 Å². The van der Waals surface area contributed by atoms with Crippen LogP contribution < -0.4 is 0 Å². The number of allylic oxidation sites excluding steroid dienone is 4. The van der Waals surface area contributed by atoms with Gasteiger partial charge in [0.1, 0.15) is 0 Å². The molecule has 0 radical (unpaired) electrons. The fourth-order valence-corrected chi connectivity index (χ4v) is 5.06. The molecule has 0 N–H and O–H groups in total. The van der Waals surface area contributed by atoms with Crippen molar-refractivity contribution >= 4 is 8.32 Å². The first-order valence-corrected chi connectivity index (χ1v) is 13.6. The molecule has 0 bridgehead atoms. The molecular formula is C23H38O2Si. The SMILES string of the molecule is CC1=C(O[Si](C)(C)C)C[C@H](C(C)C)[C@H]1CC/C(C)=C/CCc1ccoc1. The summed E-state index contributed by atoms with van der Waals surface area (Å²) in [6.07, 6.45) is 11.8. The zero-order valence-electron chi connectivity index (χ0n) is 17.9. The van der Waals surface area contributed by atoms with Crippen molar-refractivity contribution in [1.82, 2.24) is 0 Å². The van der Waals surface area contributed by atoms with Crippen molar-refractivity contribution in [1.29, 1.82) is 0 Å². The second kappa shape index (κ2) is 9.12. The molecule has 0 saturated carbocycles. The van der Waals surface area contributed by atoms with E-state index in [0.717, 1.165) is 25.2 Å². The lowest BCUT2D eigenvalue weighted by Crippen LogP contribution is -2.25. The summed E-state index contributed by atoms with van der Waals surface area (Å²) in [5.41, 5.74) is 4.33. The molecule has 146 valence electrons. The van der Waals surface area contributed by atoms with Gasteiger partial charge in [-0.2, -0.15) is 0 Å². The third-order valence-electron chi connectivity index (χ3n) is 5.58. The molecule has 1 aromatic rings. The van der Waals surface area contributed by atoms with E-state index < -0.39 is 8.32 Å². The summed E-state index contributed by atoms with van der Waals surface area (Å²) in [6.45, 7) is 16.2. The minimum absolute atomic E-state index is 0.679. The minimum Gasteiger partial charge on any atom is -0.547 e. The summed E-state index contributed by atoms with van der Waals surface area (Å²) in [5.74, 6) is 3.44. The van der Waals surface area contributed by atoms with Gasteiger partial charge in [0.25, 0.3) is 0 Å². The van der Waals surface area contributed by atoms with Gasteiger partial charge in [0.05, 0.1) is 18.3 Å². The first kappa shape index (κ1) is 21.1. The Bertz CT molecular complexity index is 617. The summed E-state index contributed by atoms with van der Waals surface area (Å²) < 4.78 is 11.6. The summed E-state index contributed by atoms with van der Waals surface area (Å²) in [6, 6.07) is 2.06. The molecule has 0 spiro atoms. The number of furan rings is 1. The molecule has 1 aliphatic rings. The average molecular weight is 375 g/mol. The van der Waals surface area contributed by atoms with E-state index in [1.54, 1.807) is 6.26 Å². The first-order valence-electron chi connectivity index (χ1n) is 10.2. The molecule has 1 aliphatic carbocycles. The zero-order chi connectivity index (χ0) is 19.3. The summed E-state index contributed by atoms with van der Waals surface area (Å²) in [5, 5.41) is 0. The minimum atomic E-state index is -1.52. The lowest BCUT2D eigenvalue weighted by atomic mass is 9.80. The van der Waals surface area contributed by atoms with Crippen LogP contribution in [0.5, 0.6) is 0 Å². The third kappa shape index (κ3) is 6.19. The van der Waals surface area contributed by atoms with Gasteiger partial charge in [-0.25, -0.2) is 0 Å². The maximum absolute atomic E-state index is 6.43. The van der Waals surface area contributed by atoms with E-state index in [1.807, 2.05) is 6.26 Å². The second-order valence-electron chi connectivity index (χ2n) is 9.30. The van der Waals surface area contributed by atoms with Crippen molar-refractivity contribution in [2.45, 2.75) is 79.4 Å². The maximum atomic E-state index is 6.43. The first-order chi connectivity index (χ1) is 12.2. The van der Waals surface area contributed by atoms with E-state index in [2.05, 4.69) is 59.5 Å². The molecule has 1 aromatic heterocycles. The van der Waals surface area contributed by atoms with Crippen LogP contribution in [0.25, 0.3) is 0 Å². The van der Waals surface area contributed by atoms with Gasteiger partial charge in [-0.1, -0.05) is 25.5 Å². The predicted octanol–water partition coefficient (Wildman–Crippen LogP) is 7.36. The van der Waals surface area contributed by atoms with Gasteiger partial charge in [0.15, 0.2) is 0 Å². The van der Waals surface area contributed by atoms with Crippen LogP contribution >= 0.6 is 0 Å². The molecule has 0 unspecified atom stereocenters. The molecule has 0 aliphatic heterocycles. The molecule has 26 heavy (non-hydrogen) atoms. The number of rotatable bonds is 9. The van der Waals surface area contributed by atoms with Gasteiger partial charge in [-0.15, -0.1) is 0 Å². The lowest BCUT2D eigenvalue weighted by molar-refractivity contribution is 0.281. The van der Waals surface area contributed by atoms with Crippen LogP contribution in [0.1, 0.15) is 58.9 Å². The van der Waals surface area contributed by atoms with E-state index in [4.69, 9.17) is 8.84 Å². The summed E-state index contributed by atoms with van der Waals surface area (Å²) in [7, 11) is -1.52.